The van der Waals surface area contributed by atoms with Crippen LogP contribution in [0.5, 0.6) is 5.75 Å². The molecular weight excluding hydrogens is 286 g/mol. The molecule has 3 heteroatoms. The molecule has 0 saturated carbocycles. The van der Waals surface area contributed by atoms with E-state index in [1.165, 1.54) is 16.7 Å². The summed E-state index contributed by atoms with van der Waals surface area (Å²) in [5, 5.41) is 12.7. The maximum Gasteiger partial charge on any atom is 0.126 e. The molecule has 1 aromatic rings. The molecule has 0 spiro atoms. The van der Waals surface area contributed by atoms with Crippen LogP contribution in [0, 0.1) is 0 Å². The van der Waals surface area contributed by atoms with Crippen LogP contribution in [0.15, 0.2) is 12.1 Å². The van der Waals surface area contributed by atoms with Gasteiger partial charge in [-0.2, -0.15) is 0 Å². The van der Waals surface area contributed by atoms with Gasteiger partial charge in [0.1, 0.15) is 5.75 Å². The first-order valence-electron chi connectivity index (χ1n) is 8.66. The topological polar surface area (TPSA) is 41.5 Å². The van der Waals surface area contributed by atoms with Crippen LogP contribution in [-0.4, -0.2) is 25.4 Å². The van der Waals surface area contributed by atoms with Crippen LogP contribution in [0.2, 0.25) is 0 Å². The van der Waals surface area contributed by atoms with E-state index >= 15 is 0 Å². The second-order valence-corrected chi connectivity index (χ2v) is 8.23. The lowest BCUT2D eigenvalue weighted by Gasteiger charge is -2.31. The van der Waals surface area contributed by atoms with E-state index in [4.69, 9.17) is 4.74 Å². The van der Waals surface area contributed by atoms with E-state index in [2.05, 4.69) is 59.0 Å². The van der Waals surface area contributed by atoms with Gasteiger partial charge in [0, 0.05) is 23.8 Å². The highest BCUT2D eigenvalue weighted by molar-refractivity contribution is 5.51. The largest absolute Gasteiger partial charge is 0.493 e. The molecule has 132 valence electrons. The molecule has 0 aliphatic heterocycles. The Kier molecular flexibility index (Phi) is 6.67. The Labute approximate surface area is 142 Å². The molecule has 1 atom stereocenters. The van der Waals surface area contributed by atoms with Crippen LogP contribution in [-0.2, 0) is 10.8 Å². The molecule has 1 unspecified atom stereocenters. The predicted molar refractivity (Wildman–Crippen MR) is 98.5 cm³/mol. The van der Waals surface area contributed by atoms with Crippen LogP contribution >= 0.6 is 0 Å². The standard InChI is InChI=1S/C20H35NO2/c1-9-23-18-15(19(2,3)4)12-14(17(21-8)10-11-22)13-16(18)20(5,6)7/h12-13,17,21-22H,9-11H2,1-8H3. The van der Waals surface area contributed by atoms with Gasteiger partial charge in [0.15, 0.2) is 0 Å². The first kappa shape index (κ1) is 20.0. The van der Waals surface area contributed by atoms with Gasteiger partial charge in [-0.05, 0) is 48.9 Å². The number of aliphatic hydroxyl groups excluding tert-OH is 1. The summed E-state index contributed by atoms with van der Waals surface area (Å²) in [5.41, 5.74) is 3.69. The van der Waals surface area contributed by atoms with E-state index in [9.17, 15) is 5.11 Å². The average molecular weight is 322 g/mol. The normalized spacial score (nSPS) is 14.0. The Bertz CT molecular complexity index is 474. The van der Waals surface area contributed by atoms with Crippen molar-refractivity contribution in [2.45, 2.75) is 71.8 Å². The number of hydrogen-bond acceptors (Lipinski definition) is 3. The molecule has 0 saturated heterocycles. The number of nitrogens with one attached hydrogen (secondary N) is 1. The number of aliphatic hydroxyl groups is 1. The van der Waals surface area contributed by atoms with Crippen LogP contribution in [0.1, 0.15) is 77.6 Å². The molecule has 3 nitrogen and oxygen atoms in total. The quantitative estimate of drug-likeness (QED) is 0.820. The third kappa shape index (κ3) is 4.95. The van der Waals surface area contributed by atoms with Gasteiger partial charge >= 0.3 is 0 Å². The lowest BCUT2D eigenvalue weighted by Crippen LogP contribution is -2.23. The van der Waals surface area contributed by atoms with Gasteiger partial charge in [0.05, 0.1) is 6.61 Å². The zero-order valence-corrected chi connectivity index (χ0v) is 16.2. The van der Waals surface area contributed by atoms with Crippen LogP contribution in [0.25, 0.3) is 0 Å². The molecule has 2 N–H and O–H groups in total. The molecule has 0 aliphatic rings. The first-order valence-corrected chi connectivity index (χ1v) is 8.66. The maximum atomic E-state index is 9.36. The molecule has 0 bridgehead atoms. The molecule has 0 aromatic heterocycles. The Morgan fingerprint density at radius 2 is 1.52 bits per heavy atom. The van der Waals surface area contributed by atoms with E-state index in [0.717, 1.165) is 5.75 Å². The molecule has 23 heavy (non-hydrogen) atoms. The summed E-state index contributed by atoms with van der Waals surface area (Å²) in [6.07, 6.45) is 0.706. The molecule has 1 aromatic carbocycles. The lowest BCUT2D eigenvalue weighted by molar-refractivity contribution is 0.268. The summed E-state index contributed by atoms with van der Waals surface area (Å²) < 4.78 is 6.08. The fraction of sp³-hybridized carbons (Fsp3) is 0.700. The van der Waals surface area contributed by atoms with Crippen molar-refractivity contribution in [1.29, 1.82) is 0 Å². The minimum absolute atomic E-state index is 0.00196. The van der Waals surface area contributed by atoms with Crippen molar-refractivity contribution >= 4 is 0 Å². The van der Waals surface area contributed by atoms with Gasteiger partial charge in [-0.25, -0.2) is 0 Å². The Morgan fingerprint density at radius 1 is 1.04 bits per heavy atom. The second kappa shape index (κ2) is 7.67. The van der Waals surface area contributed by atoms with Crippen LogP contribution < -0.4 is 10.1 Å². The predicted octanol–water partition coefficient (Wildman–Crippen LogP) is 4.32. The van der Waals surface area contributed by atoms with E-state index in [1.807, 2.05) is 14.0 Å². The number of rotatable bonds is 6. The first-order chi connectivity index (χ1) is 10.6. The lowest BCUT2D eigenvalue weighted by atomic mass is 9.77. The van der Waals surface area contributed by atoms with Crippen molar-refractivity contribution in [2.75, 3.05) is 20.3 Å². The Hall–Kier alpha value is -1.06. The third-order valence-electron chi connectivity index (χ3n) is 4.18. The van der Waals surface area contributed by atoms with Gasteiger partial charge in [-0.15, -0.1) is 0 Å². The fourth-order valence-corrected chi connectivity index (χ4v) is 2.87. The Morgan fingerprint density at radius 3 is 1.83 bits per heavy atom. The number of benzene rings is 1. The van der Waals surface area contributed by atoms with Crippen LogP contribution in [0.3, 0.4) is 0 Å². The molecule has 0 heterocycles. The van der Waals surface area contributed by atoms with E-state index < -0.39 is 0 Å². The molecule has 0 aliphatic carbocycles. The van der Waals surface area contributed by atoms with Gasteiger partial charge in [0.2, 0.25) is 0 Å². The van der Waals surface area contributed by atoms with Crippen molar-refractivity contribution in [3.8, 4) is 5.75 Å². The third-order valence-corrected chi connectivity index (χ3v) is 4.18. The summed E-state index contributed by atoms with van der Waals surface area (Å²) in [6, 6.07) is 4.64. The summed E-state index contributed by atoms with van der Waals surface area (Å²) in [7, 11) is 1.95. The Balaban J connectivity index is 3.64. The van der Waals surface area contributed by atoms with Crippen molar-refractivity contribution < 1.29 is 9.84 Å². The van der Waals surface area contributed by atoms with Crippen molar-refractivity contribution in [1.82, 2.24) is 5.32 Å². The zero-order valence-electron chi connectivity index (χ0n) is 16.2. The van der Waals surface area contributed by atoms with E-state index in [-0.39, 0.29) is 23.5 Å². The molecule has 0 amide bonds. The maximum absolute atomic E-state index is 9.36. The number of hydrogen-bond donors (Lipinski definition) is 2. The minimum atomic E-state index is -0.00196. The highest BCUT2D eigenvalue weighted by Gasteiger charge is 2.28. The van der Waals surface area contributed by atoms with Gasteiger partial charge < -0.3 is 15.2 Å². The van der Waals surface area contributed by atoms with Crippen molar-refractivity contribution in [3.63, 3.8) is 0 Å². The van der Waals surface area contributed by atoms with Gasteiger partial charge in [-0.1, -0.05) is 41.5 Å². The molecule has 0 radical (unpaired) electrons. The van der Waals surface area contributed by atoms with E-state index in [0.29, 0.717) is 13.0 Å². The van der Waals surface area contributed by atoms with Crippen molar-refractivity contribution in [2.24, 2.45) is 0 Å². The minimum Gasteiger partial charge on any atom is -0.493 e. The summed E-state index contributed by atoms with van der Waals surface area (Å²) in [6.45, 7) is 16.2. The van der Waals surface area contributed by atoms with Gasteiger partial charge in [-0.3, -0.25) is 0 Å². The van der Waals surface area contributed by atoms with Crippen molar-refractivity contribution in [3.05, 3.63) is 28.8 Å². The highest BCUT2D eigenvalue weighted by atomic mass is 16.5. The molecule has 1 rings (SSSR count). The highest BCUT2D eigenvalue weighted by Crippen LogP contribution is 2.42. The van der Waals surface area contributed by atoms with E-state index in [1.54, 1.807) is 0 Å². The smallest absolute Gasteiger partial charge is 0.126 e. The molecular formula is C20H35NO2. The average Bonchev–Trinajstić information content (AvgIpc) is 2.43. The summed E-state index contributed by atoms with van der Waals surface area (Å²) >= 11 is 0. The summed E-state index contributed by atoms with van der Waals surface area (Å²) in [4.78, 5) is 0. The monoisotopic (exact) mass is 321 g/mol. The van der Waals surface area contributed by atoms with Gasteiger partial charge in [0.25, 0.3) is 0 Å². The van der Waals surface area contributed by atoms with Crippen LogP contribution in [0.4, 0.5) is 0 Å². The number of ether oxygens (including phenoxy) is 1. The summed E-state index contributed by atoms with van der Waals surface area (Å²) in [5.74, 6) is 1.02. The zero-order chi connectivity index (χ0) is 17.8. The SMILES string of the molecule is CCOc1c(C(C)(C)C)cc(C(CCO)NC)cc1C(C)(C)C. The molecule has 0 fully saturated rings. The second-order valence-electron chi connectivity index (χ2n) is 8.23. The fourth-order valence-electron chi connectivity index (χ4n) is 2.87.